The zero-order chi connectivity index (χ0) is 17.6. The molecule has 1 atom stereocenters. The molecular formula is C20H30FN3O. The lowest BCUT2D eigenvalue weighted by atomic mass is 9.94. The van der Waals surface area contributed by atoms with Crippen molar-refractivity contribution >= 4 is 5.91 Å². The minimum atomic E-state index is -0.209. The van der Waals surface area contributed by atoms with Crippen LogP contribution in [0.1, 0.15) is 37.7 Å². The van der Waals surface area contributed by atoms with E-state index in [9.17, 15) is 9.18 Å². The number of carbonyl (C=O) groups is 1. The summed E-state index contributed by atoms with van der Waals surface area (Å²) < 4.78 is 13.1. The summed E-state index contributed by atoms with van der Waals surface area (Å²) in [7, 11) is 1.99. The minimum absolute atomic E-state index is 0.0142. The van der Waals surface area contributed by atoms with Gasteiger partial charge in [-0.15, -0.1) is 0 Å². The Morgan fingerprint density at radius 3 is 2.52 bits per heavy atom. The van der Waals surface area contributed by atoms with Crippen LogP contribution in [0, 0.1) is 11.7 Å². The van der Waals surface area contributed by atoms with Crippen LogP contribution in [0.2, 0.25) is 0 Å². The number of hydrogen-bond acceptors (Lipinski definition) is 3. The zero-order valence-corrected chi connectivity index (χ0v) is 15.2. The predicted octanol–water partition coefficient (Wildman–Crippen LogP) is 2.64. The molecule has 0 aromatic heterocycles. The van der Waals surface area contributed by atoms with Crippen molar-refractivity contribution in [3.05, 3.63) is 35.6 Å². The van der Waals surface area contributed by atoms with Crippen LogP contribution >= 0.6 is 0 Å². The third-order valence-corrected chi connectivity index (χ3v) is 5.62. The van der Waals surface area contributed by atoms with Crippen molar-refractivity contribution in [3.63, 3.8) is 0 Å². The minimum Gasteiger partial charge on any atom is -0.341 e. The number of nitrogens with one attached hydrogen (secondary N) is 1. The first-order valence-corrected chi connectivity index (χ1v) is 9.59. The number of amides is 1. The van der Waals surface area contributed by atoms with E-state index in [-0.39, 0.29) is 11.9 Å². The van der Waals surface area contributed by atoms with Crippen LogP contribution in [0.3, 0.4) is 0 Å². The van der Waals surface area contributed by atoms with Gasteiger partial charge in [0.15, 0.2) is 0 Å². The summed E-state index contributed by atoms with van der Waals surface area (Å²) in [6, 6.07) is 6.65. The maximum atomic E-state index is 13.1. The fourth-order valence-electron chi connectivity index (χ4n) is 4.14. The summed E-state index contributed by atoms with van der Waals surface area (Å²) in [5, 5.41) is 3.24. The van der Waals surface area contributed by atoms with Crippen molar-refractivity contribution < 1.29 is 9.18 Å². The highest BCUT2D eigenvalue weighted by Crippen LogP contribution is 2.24. The van der Waals surface area contributed by atoms with Gasteiger partial charge in [0.25, 0.3) is 0 Å². The van der Waals surface area contributed by atoms with Gasteiger partial charge in [-0.05, 0) is 69.4 Å². The molecule has 138 valence electrons. The Morgan fingerprint density at radius 2 is 1.84 bits per heavy atom. The van der Waals surface area contributed by atoms with E-state index in [1.807, 2.05) is 19.2 Å². The fourth-order valence-corrected chi connectivity index (χ4v) is 4.14. The van der Waals surface area contributed by atoms with E-state index in [1.54, 1.807) is 0 Å². The van der Waals surface area contributed by atoms with Crippen LogP contribution in [0.4, 0.5) is 4.39 Å². The van der Waals surface area contributed by atoms with Crippen molar-refractivity contribution in [1.82, 2.24) is 15.1 Å². The van der Waals surface area contributed by atoms with Crippen LogP contribution in [-0.2, 0) is 11.3 Å². The fraction of sp³-hybridized carbons (Fsp3) is 0.650. The van der Waals surface area contributed by atoms with E-state index in [0.29, 0.717) is 11.8 Å². The summed E-state index contributed by atoms with van der Waals surface area (Å²) in [6.45, 7) is 4.48. The van der Waals surface area contributed by atoms with Crippen molar-refractivity contribution in [2.24, 2.45) is 5.92 Å². The van der Waals surface area contributed by atoms with Gasteiger partial charge >= 0.3 is 0 Å². The number of nitrogens with zero attached hydrogens (tertiary/aromatic N) is 2. The third kappa shape index (κ3) is 4.79. The van der Waals surface area contributed by atoms with E-state index < -0.39 is 0 Å². The second-order valence-electron chi connectivity index (χ2n) is 7.43. The molecule has 2 aliphatic rings. The van der Waals surface area contributed by atoms with E-state index in [4.69, 9.17) is 0 Å². The van der Waals surface area contributed by atoms with Crippen molar-refractivity contribution in [1.29, 1.82) is 0 Å². The Kier molecular flexibility index (Phi) is 6.43. The Balaban J connectivity index is 1.60. The molecule has 1 amide bonds. The zero-order valence-electron chi connectivity index (χ0n) is 15.2. The summed E-state index contributed by atoms with van der Waals surface area (Å²) >= 11 is 0. The lowest BCUT2D eigenvalue weighted by molar-refractivity contribution is -0.140. The van der Waals surface area contributed by atoms with Gasteiger partial charge in [0.05, 0.1) is 6.04 Å². The molecule has 2 fully saturated rings. The summed E-state index contributed by atoms with van der Waals surface area (Å²) in [5.41, 5.74) is 1.08. The van der Waals surface area contributed by atoms with Crippen LogP contribution in [0.25, 0.3) is 0 Å². The molecule has 0 spiro atoms. The Hall–Kier alpha value is -1.46. The molecule has 1 aromatic carbocycles. The molecule has 0 saturated carbocycles. The number of halogens is 1. The van der Waals surface area contributed by atoms with E-state index in [0.717, 1.165) is 70.4 Å². The topological polar surface area (TPSA) is 35.6 Å². The Bertz CT molecular complexity index is 555. The standard InChI is InChI=1S/C20H30FN3O/c1-22-14-16-9-12-23(13-10-16)20(25)19-4-2-3-11-24(19)15-17-5-7-18(21)8-6-17/h5-8,16,19,22H,2-4,9-15H2,1H3. The van der Waals surface area contributed by atoms with Crippen molar-refractivity contribution in [3.8, 4) is 0 Å². The molecule has 3 rings (SSSR count). The molecule has 2 aliphatic heterocycles. The molecule has 1 N–H and O–H groups in total. The van der Waals surface area contributed by atoms with Gasteiger partial charge in [-0.25, -0.2) is 4.39 Å². The smallest absolute Gasteiger partial charge is 0.239 e. The third-order valence-electron chi connectivity index (χ3n) is 5.62. The van der Waals surface area contributed by atoms with Crippen LogP contribution in [0.5, 0.6) is 0 Å². The molecule has 0 radical (unpaired) electrons. The van der Waals surface area contributed by atoms with Crippen LogP contribution in [0.15, 0.2) is 24.3 Å². The number of benzene rings is 1. The highest BCUT2D eigenvalue weighted by atomic mass is 19.1. The van der Waals surface area contributed by atoms with Gasteiger partial charge in [0.2, 0.25) is 5.91 Å². The Labute approximate surface area is 150 Å². The molecule has 2 heterocycles. The number of hydrogen-bond donors (Lipinski definition) is 1. The lowest BCUT2D eigenvalue weighted by Gasteiger charge is -2.40. The normalized spacial score (nSPS) is 23.0. The molecule has 4 nitrogen and oxygen atoms in total. The molecule has 1 unspecified atom stereocenters. The summed E-state index contributed by atoms with van der Waals surface area (Å²) in [6.07, 6.45) is 5.38. The van der Waals surface area contributed by atoms with Gasteiger partial charge in [-0.3, -0.25) is 9.69 Å². The number of rotatable bonds is 5. The van der Waals surface area contributed by atoms with E-state index in [2.05, 4.69) is 15.1 Å². The first kappa shape index (κ1) is 18.3. The van der Waals surface area contributed by atoms with Crippen molar-refractivity contribution in [2.75, 3.05) is 33.2 Å². The SMILES string of the molecule is CNCC1CCN(C(=O)C2CCCCN2Cc2ccc(F)cc2)CC1. The van der Waals surface area contributed by atoms with E-state index >= 15 is 0 Å². The largest absolute Gasteiger partial charge is 0.341 e. The van der Waals surface area contributed by atoms with Crippen LogP contribution in [-0.4, -0.2) is 55.0 Å². The molecule has 0 bridgehead atoms. The maximum Gasteiger partial charge on any atom is 0.239 e. The molecule has 0 aliphatic carbocycles. The van der Waals surface area contributed by atoms with E-state index in [1.165, 1.54) is 12.1 Å². The molecule has 1 aromatic rings. The second kappa shape index (κ2) is 8.77. The quantitative estimate of drug-likeness (QED) is 0.889. The Morgan fingerprint density at radius 1 is 1.12 bits per heavy atom. The highest BCUT2D eigenvalue weighted by molar-refractivity contribution is 5.82. The first-order valence-electron chi connectivity index (χ1n) is 9.59. The monoisotopic (exact) mass is 347 g/mol. The lowest BCUT2D eigenvalue weighted by Crippen LogP contribution is -2.52. The molecule has 5 heteroatoms. The number of carbonyl (C=O) groups excluding carboxylic acids is 1. The number of likely N-dealkylation sites (tertiary alicyclic amines) is 2. The second-order valence-corrected chi connectivity index (χ2v) is 7.43. The first-order chi connectivity index (χ1) is 12.2. The molecule has 2 saturated heterocycles. The van der Waals surface area contributed by atoms with Gasteiger partial charge < -0.3 is 10.2 Å². The van der Waals surface area contributed by atoms with Gasteiger partial charge in [-0.2, -0.15) is 0 Å². The molecular weight excluding hydrogens is 317 g/mol. The predicted molar refractivity (Wildman–Crippen MR) is 97.7 cm³/mol. The summed E-state index contributed by atoms with van der Waals surface area (Å²) in [4.78, 5) is 17.4. The average Bonchev–Trinajstić information content (AvgIpc) is 2.64. The van der Waals surface area contributed by atoms with Gasteiger partial charge in [0, 0.05) is 19.6 Å². The number of piperidine rings is 2. The van der Waals surface area contributed by atoms with Gasteiger partial charge in [0.1, 0.15) is 5.82 Å². The van der Waals surface area contributed by atoms with Crippen LogP contribution < -0.4 is 5.32 Å². The van der Waals surface area contributed by atoms with Crippen molar-refractivity contribution in [2.45, 2.75) is 44.7 Å². The molecule has 25 heavy (non-hydrogen) atoms. The van der Waals surface area contributed by atoms with Gasteiger partial charge in [-0.1, -0.05) is 18.6 Å². The maximum absolute atomic E-state index is 13.1. The summed E-state index contributed by atoms with van der Waals surface area (Å²) in [5.74, 6) is 0.778. The highest BCUT2D eigenvalue weighted by Gasteiger charge is 2.33. The average molecular weight is 347 g/mol.